The normalized spacial score (nSPS) is 18.0. The highest BCUT2D eigenvalue weighted by molar-refractivity contribution is 9.10. The van der Waals surface area contributed by atoms with Crippen LogP contribution in [0.5, 0.6) is 0 Å². The monoisotopic (exact) mass is 355 g/mol. The smallest absolute Gasteiger partial charge is 0.137 e. The van der Waals surface area contributed by atoms with Crippen molar-refractivity contribution in [1.29, 1.82) is 0 Å². The van der Waals surface area contributed by atoms with E-state index in [0.29, 0.717) is 0 Å². The van der Waals surface area contributed by atoms with Crippen LogP contribution >= 0.6 is 15.9 Å². The SMILES string of the molecule is CN1CCN(CCNc2cc(Br)nc(C(C)(C)C)n2)CC1. The molecule has 1 aromatic heterocycles. The standard InChI is InChI=1S/C15H26BrN5/c1-15(2,3)14-18-12(16)11-13(19-14)17-5-6-21-9-7-20(4)8-10-21/h11H,5-10H2,1-4H3,(H,17,18,19). The van der Waals surface area contributed by atoms with E-state index in [1.165, 1.54) is 0 Å². The highest BCUT2D eigenvalue weighted by Gasteiger charge is 2.19. The molecule has 0 radical (unpaired) electrons. The summed E-state index contributed by atoms with van der Waals surface area (Å²) in [4.78, 5) is 14.0. The van der Waals surface area contributed by atoms with E-state index in [9.17, 15) is 0 Å². The molecule has 0 atom stereocenters. The van der Waals surface area contributed by atoms with Gasteiger partial charge >= 0.3 is 0 Å². The van der Waals surface area contributed by atoms with Gasteiger partial charge in [-0.25, -0.2) is 9.97 Å². The van der Waals surface area contributed by atoms with Gasteiger partial charge < -0.3 is 10.2 Å². The Morgan fingerprint density at radius 1 is 1.19 bits per heavy atom. The molecular weight excluding hydrogens is 330 g/mol. The third kappa shape index (κ3) is 5.20. The molecule has 118 valence electrons. The molecule has 0 amide bonds. The van der Waals surface area contributed by atoms with Crippen LogP contribution in [0.15, 0.2) is 10.7 Å². The van der Waals surface area contributed by atoms with Gasteiger partial charge in [0.1, 0.15) is 16.2 Å². The number of nitrogens with zero attached hydrogens (tertiary/aromatic N) is 4. The zero-order chi connectivity index (χ0) is 15.5. The lowest BCUT2D eigenvalue weighted by Gasteiger charge is -2.32. The zero-order valence-corrected chi connectivity index (χ0v) is 15.1. The minimum Gasteiger partial charge on any atom is -0.369 e. The van der Waals surface area contributed by atoms with Crippen molar-refractivity contribution >= 4 is 21.7 Å². The highest BCUT2D eigenvalue weighted by atomic mass is 79.9. The number of hydrogen-bond acceptors (Lipinski definition) is 5. The molecule has 21 heavy (non-hydrogen) atoms. The van der Waals surface area contributed by atoms with Crippen LogP contribution in [0.2, 0.25) is 0 Å². The molecule has 0 unspecified atom stereocenters. The van der Waals surface area contributed by atoms with Crippen molar-refractivity contribution in [3.05, 3.63) is 16.5 Å². The number of hydrogen-bond donors (Lipinski definition) is 1. The van der Waals surface area contributed by atoms with Crippen LogP contribution in [0.3, 0.4) is 0 Å². The predicted molar refractivity (Wildman–Crippen MR) is 90.9 cm³/mol. The fourth-order valence-electron chi connectivity index (χ4n) is 2.26. The summed E-state index contributed by atoms with van der Waals surface area (Å²) in [6, 6.07) is 1.94. The summed E-state index contributed by atoms with van der Waals surface area (Å²) >= 11 is 3.47. The Morgan fingerprint density at radius 2 is 1.86 bits per heavy atom. The van der Waals surface area contributed by atoms with Gasteiger partial charge in [0.25, 0.3) is 0 Å². The molecule has 1 N–H and O–H groups in total. The van der Waals surface area contributed by atoms with E-state index < -0.39 is 0 Å². The minimum absolute atomic E-state index is 0.0440. The molecule has 1 aliphatic rings. The predicted octanol–water partition coefficient (Wildman–Crippen LogP) is 2.20. The van der Waals surface area contributed by atoms with Gasteiger partial charge in [-0.3, -0.25) is 4.90 Å². The van der Waals surface area contributed by atoms with Crippen LogP contribution in [0.25, 0.3) is 0 Å². The summed E-state index contributed by atoms with van der Waals surface area (Å²) in [5, 5.41) is 3.42. The van der Waals surface area contributed by atoms with Crippen LogP contribution in [0.1, 0.15) is 26.6 Å². The van der Waals surface area contributed by atoms with Gasteiger partial charge in [0, 0.05) is 50.7 Å². The largest absolute Gasteiger partial charge is 0.369 e. The Hall–Kier alpha value is -0.720. The second kappa shape index (κ2) is 7.03. The van der Waals surface area contributed by atoms with Gasteiger partial charge in [0.2, 0.25) is 0 Å². The van der Waals surface area contributed by atoms with Crippen molar-refractivity contribution in [2.45, 2.75) is 26.2 Å². The van der Waals surface area contributed by atoms with E-state index >= 15 is 0 Å². The van der Waals surface area contributed by atoms with E-state index in [1.54, 1.807) is 0 Å². The Balaban J connectivity index is 1.87. The van der Waals surface area contributed by atoms with E-state index in [0.717, 1.165) is 55.5 Å². The first-order valence-corrected chi connectivity index (χ1v) is 8.34. The van der Waals surface area contributed by atoms with E-state index in [4.69, 9.17) is 0 Å². The first kappa shape index (κ1) is 16.6. The number of aromatic nitrogens is 2. The summed E-state index contributed by atoms with van der Waals surface area (Å²) < 4.78 is 0.838. The van der Waals surface area contributed by atoms with Crippen LogP contribution in [-0.2, 0) is 5.41 Å². The summed E-state index contributed by atoms with van der Waals surface area (Å²) in [5.74, 6) is 1.76. The molecule has 0 saturated carbocycles. The molecule has 5 nitrogen and oxygen atoms in total. The fourth-order valence-corrected chi connectivity index (χ4v) is 2.64. The topological polar surface area (TPSA) is 44.3 Å². The summed E-state index contributed by atoms with van der Waals surface area (Å²) in [7, 11) is 2.18. The number of halogens is 1. The fraction of sp³-hybridized carbons (Fsp3) is 0.733. The summed E-state index contributed by atoms with van der Waals surface area (Å²) in [6.07, 6.45) is 0. The van der Waals surface area contributed by atoms with Crippen molar-refractivity contribution in [1.82, 2.24) is 19.8 Å². The van der Waals surface area contributed by atoms with Crippen molar-refractivity contribution in [3.8, 4) is 0 Å². The third-order valence-corrected chi connectivity index (χ3v) is 4.10. The maximum atomic E-state index is 4.62. The van der Waals surface area contributed by atoms with Gasteiger partial charge in [-0.2, -0.15) is 0 Å². The van der Waals surface area contributed by atoms with E-state index in [2.05, 4.69) is 68.8 Å². The first-order chi connectivity index (χ1) is 9.84. The second-order valence-electron chi connectivity index (χ2n) is 6.72. The number of nitrogens with one attached hydrogen (secondary N) is 1. The van der Waals surface area contributed by atoms with Crippen LogP contribution in [0, 0.1) is 0 Å². The van der Waals surface area contributed by atoms with Crippen molar-refractivity contribution in [2.75, 3.05) is 51.6 Å². The molecule has 1 saturated heterocycles. The van der Waals surface area contributed by atoms with Gasteiger partial charge in [-0.05, 0) is 23.0 Å². The summed E-state index contributed by atoms with van der Waals surface area (Å²) in [5.41, 5.74) is -0.0440. The molecule has 1 aliphatic heterocycles. The van der Waals surface area contributed by atoms with Gasteiger partial charge in [-0.1, -0.05) is 20.8 Å². The lowest BCUT2D eigenvalue weighted by Crippen LogP contribution is -2.45. The minimum atomic E-state index is -0.0440. The summed E-state index contributed by atoms with van der Waals surface area (Å²) in [6.45, 7) is 13.0. The average molecular weight is 356 g/mol. The van der Waals surface area contributed by atoms with E-state index in [-0.39, 0.29) is 5.41 Å². The van der Waals surface area contributed by atoms with Crippen molar-refractivity contribution < 1.29 is 0 Å². The first-order valence-electron chi connectivity index (χ1n) is 7.54. The maximum absolute atomic E-state index is 4.62. The van der Waals surface area contributed by atoms with Crippen molar-refractivity contribution in [2.24, 2.45) is 0 Å². The molecule has 1 aromatic rings. The lowest BCUT2D eigenvalue weighted by molar-refractivity contribution is 0.158. The Labute approximate surface area is 136 Å². The Kier molecular flexibility index (Phi) is 5.57. The van der Waals surface area contributed by atoms with Crippen molar-refractivity contribution in [3.63, 3.8) is 0 Å². The molecule has 6 heteroatoms. The molecule has 0 aliphatic carbocycles. The highest BCUT2D eigenvalue weighted by Crippen LogP contribution is 2.22. The Morgan fingerprint density at radius 3 is 2.48 bits per heavy atom. The molecule has 0 aromatic carbocycles. The van der Waals surface area contributed by atoms with Crippen LogP contribution in [-0.4, -0.2) is 66.1 Å². The van der Waals surface area contributed by atoms with E-state index in [1.807, 2.05) is 6.07 Å². The number of likely N-dealkylation sites (N-methyl/N-ethyl adjacent to an activating group) is 1. The number of anilines is 1. The number of rotatable bonds is 4. The second-order valence-corrected chi connectivity index (χ2v) is 7.53. The molecule has 2 rings (SSSR count). The Bertz CT molecular complexity index is 464. The van der Waals surface area contributed by atoms with Crippen LogP contribution in [0.4, 0.5) is 5.82 Å². The van der Waals surface area contributed by atoms with Gasteiger partial charge in [0.05, 0.1) is 0 Å². The molecule has 1 fully saturated rings. The zero-order valence-electron chi connectivity index (χ0n) is 13.5. The average Bonchev–Trinajstić information content (AvgIpc) is 2.39. The molecule has 0 spiro atoms. The van der Waals surface area contributed by atoms with Gasteiger partial charge in [0.15, 0.2) is 0 Å². The number of piperazine rings is 1. The molecular formula is C15H26BrN5. The maximum Gasteiger partial charge on any atom is 0.137 e. The third-order valence-electron chi connectivity index (χ3n) is 3.70. The lowest BCUT2D eigenvalue weighted by atomic mass is 9.96. The molecule has 2 heterocycles. The van der Waals surface area contributed by atoms with Gasteiger partial charge in [-0.15, -0.1) is 0 Å². The quantitative estimate of drug-likeness (QED) is 0.838. The van der Waals surface area contributed by atoms with Crippen LogP contribution < -0.4 is 5.32 Å². The molecule has 0 bridgehead atoms.